The molecule has 1 aromatic heterocycles. The molecule has 1 aromatic rings. The monoisotopic (exact) mass is 254 g/mol. The van der Waals surface area contributed by atoms with Gasteiger partial charge in [0.25, 0.3) is 0 Å². The SMILES string of the molecule is CCc1nnc(NC(=O)[C@H]2CCN[C@@H](C)C2)s1. The molecular formula is C11H18N4OS. The molecule has 2 heterocycles. The van der Waals surface area contributed by atoms with Crippen LogP contribution < -0.4 is 10.6 Å². The van der Waals surface area contributed by atoms with E-state index in [9.17, 15) is 4.79 Å². The fraction of sp³-hybridized carbons (Fsp3) is 0.727. The molecule has 0 aliphatic carbocycles. The summed E-state index contributed by atoms with van der Waals surface area (Å²) in [4.78, 5) is 12.0. The standard InChI is InChI=1S/C11H18N4OS/c1-3-9-14-15-11(17-9)13-10(16)8-4-5-12-7(2)6-8/h7-8,12H,3-6H2,1-2H3,(H,13,15,16)/t7-,8-/m0/s1. The van der Waals surface area contributed by atoms with Crippen LogP contribution >= 0.6 is 11.3 Å². The third kappa shape index (κ3) is 3.23. The Hall–Kier alpha value is -1.01. The summed E-state index contributed by atoms with van der Waals surface area (Å²) in [5, 5.41) is 15.7. The van der Waals surface area contributed by atoms with Crippen molar-refractivity contribution in [2.24, 2.45) is 5.92 Å². The number of rotatable bonds is 3. The van der Waals surface area contributed by atoms with Gasteiger partial charge in [-0.25, -0.2) is 0 Å². The first-order chi connectivity index (χ1) is 8.19. The van der Waals surface area contributed by atoms with E-state index in [2.05, 4.69) is 27.8 Å². The normalized spacial score (nSPS) is 24.6. The van der Waals surface area contributed by atoms with Crippen LogP contribution in [0.4, 0.5) is 5.13 Å². The fourth-order valence-corrected chi connectivity index (χ4v) is 2.71. The number of amides is 1. The molecule has 0 unspecified atom stereocenters. The van der Waals surface area contributed by atoms with Gasteiger partial charge in [-0.3, -0.25) is 4.79 Å². The van der Waals surface area contributed by atoms with Crippen LogP contribution in [-0.4, -0.2) is 28.7 Å². The maximum absolute atomic E-state index is 12.0. The number of carbonyl (C=O) groups is 1. The Kier molecular flexibility index (Phi) is 4.06. The molecule has 1 amide bonds. The number of carbonyl (C=O) groups excluding carboxylic acids is 1. The lowest BCUT2D eigenvalue weighted by atomic mass is 9.93. The molecule has 0 spiro atoms. The van der Waals surface area contributed by atoms with E-state index >= 15 is 0 Å². The molecule has 2 N–H and O–H groups in total. The van der Waals surface area contributed by atoms with E-state index in [-0.39, 0.29) is 11.8 Å². The van der Waals surface area contributed by atoms with Gasteiger partial charge in [-0.05, 0) is 32.7 Å². The Labute approximate surface area is 105 Å². The summed E-state index contributed by atoms with van der Waals surface area (Å²) < 4.78 is 0. The Balaban J connectivity index is 1.91. The van der Waals surface area contributed by atoms with Gasteiger partial charge >= 0.3 is 0 Å². The van der Waals surface area contributed by atoms with Crippen molar-refractivity contribution in [3.8, 4) is 0 Å². The van der Waals surface area contributed by atoms with E-state index in [1.165, 1.54) is 11.3 Å². The Morgan fingerprint density at radius 2 is 2.41 bits per heavy atom. The molecule has 2 rings (SSSR count). The van der Waals surface area contributed by atoms with Crippen LogP contribution in [0.25, 0.3) is 0 Å². The zero-order valence-corrected chi connectivity index (χ0v) is 11.0. The van der Waals surface area contributed by atoms with E-state index < -0.39 is 0 Å². The van der Waals surface area contributed by atoms with Crippen LogP contribution in [0, 0.1) is 5.92 Å². The minimum absolute atomic E-state index is 0.0807. The Morgan fingerprint density at radius 3 is 3.06 bits per heavy atom. The van der Waals surface area contributed by atoms with Crippen LogP contribution in [0.1, 0.15) is 31.7 Å². The van der Waals surface area contributed by atoms with Crippen LogP contribution in [0.5, 0.6) is 0 Å². The third-order valence-electron chi connectivity index (χ3n) is 2.99. The predicted octanol–water partition coefficient (Wildman–Crippen LogP) is 1.43. The number of hydrogen-bond donors (Lipinski definition) is 2. The van der Waals surface area contributed by atoms with Crippen LogP contribution in [-0.2, 0) is 11.2 Å². The van der Waals surface area contributed by atoms with Crippen molar-refractivity contribution < 1.29 is 4.79 Å². The number of nitrogens with zero attached hydrogens (tertiary/aromatic N) is 2. The fourth-order valence-electron chi connectivity index (χ4n) is 2.02. The molecule has 5 nitrogen and oxygen atoms in total. The summed E-state index contributed by atoms with van der Waals surface area (Å²) in [6.45, 7) is 5.05. The largest absolute Gasteiger partial charge is 0.314 e. The Morgan fingerprint density at radius 1 is 1.59 bits per heavy atom. The van der Waals surface area contributed by atoms with Crippen molar-refractivity contribution in [3.63, 3.8) is 0 Å². The summed E-state index contributed by atoms with van der Waals surface area (Å²) in [7, 11) is 0. The number of anilines is 1. The van der Waals surface area contributed by atoms with Gasteiger partial charge in [-0.15, -0.1) is 10.2 Å². The van der Waals surface area contributed by atoms with Crippen molar-refractivity contribution in [2.75, 3.05) is 11.9 Å². The molecule has 2 atom stereocenters. The zero-order chi connectivity index (χ0) is 12.3. The second-order valence-electron chi connectivity index (χ2n) is 4.42. The first-order valence-electron chi connectivity index (χ1n) is 6.05. The molecule has 6 heteroatoms. The van der Waals surface area contributed by atoms with Crippen molar-refractivity contribution in [3.05, 3.63) is 5.01 Å². The maximum atomic E-state index is 12.0. The van der Waals surface area contributed by atoms with Gasteiger partial charge in [0.1, 0.15) is 5.01 Å². The highest BCUT2D eigenvalue weighted by Gasteiger charge is 2.25. The smallest absolute Gasteiger partial charge is 0.229 e. The zero-order valence-electron chi connectivity index (χ0n) is 10.2. The maximum Gasteiger partial charge on any atom is 0.229 e. The van der Waals surface area contributed by atoms with Crippen LogP contribution in [0.3, 0.4) is 0 Å². The molecule has 1 saturated heterocycles. The summed E-state index contributed by atoms with van der Waals surface area (Å²) in [6, 6.07) is 0.417. The quantitative estimate of drug-likeness (QED) is 0.856. The minimum Gasteiger partial charge on any atom is -0.314 e. The van der Waals surface area contributed by atoms with Crippen LogP contribution in [0.2, 0.25) is 0 Å². The summed E-state index contributed by atoms with van der Waals surface area (Å²) >= 11 is 1.46. The second kappa shape index (κ2) is 5.55. The van der Waals surface area contributed by atoms with Gasteiger partial charge in [0.05, 0.1) is 0 Å². The van der Waals surface area contributed by atoms with Gasteiger partial charge in [0, 0.05) is 12.0 Å². The van der Waals surface area contributed by atoms with Crippen molar-refractivity contribution in [1.29, 1.82) is 0 Å². The number of aryl methyl sites for hydroxylation is 1. The van der Waals surface area contributed by atoms with Crippen molar-refractivity contribution >= 4 is 22.4 Å². The molecule has 0 radical (unpaired) electrons. The molecule has 17 heavy (non-hydrogen) atoms. The molecule has 0 aromatic carbocycles. The van der Waals surface area contributed by atoms with E-state index in [1.54, 1.807) is 0 Å². The van der Waals surface area contributed by atoms with Crippen molar-refractivity contribution in [2.45, 2.75) is 39.2 Å². The predicted molar refractivity (Wildman–Crippen MR) is 68.1 cm³/mol. The molecule has 1 aliphatic rings. The van der Waals surface area contributed by atoms with Crippen molar-refractivity contribution in [1.82, 2.24) is 15.5 Å². The average Bonchev–Trinajstić information content (AvgIpc) is 2.77. The highest BCUT2D eigenvalue weighted by molar-refractivity contribution is 7.15. The number of nitrogens with one attached hydrogen (secondary N) is 2. The molecule has 94 valence electrons. The topological polar surface area (TPSA) is 66.9 Å². The summed E-state index contributed by atoms with van der Waals surface area (Å²) in [5.74, 6) is 0.178. The lowest BCUT2D eigenvalue weighted by Gasteiger charge is -2.26. The second-order valence-corrected chi connectivity index (χ2v) is 5.48. The third-order valence-corrected chi connectivity index (χ3v) is 3.98. The highest BCUT2D eigenvalue weighted by Crippen LogP contribution is 2.20. The minimum atomic E-state index is 0.0807. The molecule has 0 bridgehead atoms. The van der Waals surface area contributed by atoms with E-state index in [4.69, 9.17) is 0 Å². The number of aromatic nitrogens is 2. The number of piperidine rings is 1. The first kappa shape index (κ1) is 12.4. The Bertz CT molecular complexity index is 393. The van der Waals surface area contributed by atoms with Gasteiger partial charge < -0.3 is 10.6 Å². The lowest BCUT2D eigenvalue weighted by molar-refractivity contribution is -0.120. The molecule has 1 aliphatic heterocycles. The van der Waals surface area contributed by atoms with Gasteiger partial charge in [-0.2, -0.15) is 0 Å². The molecule has 1 fully saturated rings. The molecule has 0 saturated carbocycles. The highest BCUT2D eigenvalue weighted by atomic mass is 32.1. The summed E-state index contributed by atoms with van der Waals surface area (Å²) in [6.07, 6.45) is 2.65. The number of hydrogen-bond acceptors (Lipinski definition) is 5. The average molecular weight is 254 g/mol. The first-order valence-corrected chi connectivity index (χ1v) is 6.87. The van der Waals surface area contributed by atoms with E-state index in [0.29, 0.717) is 11.2 Å². The lowest BCUT2D eigenvalue weighted by Crippen LogP contribution is -2.40. The van der Waals surface area contributed by atoms with Gasteiger partial charge in [0.2, 0.25) is 11.0 Å². The van der Waals surface area contributed by atoms with Gasteiger partial charge in [-0.1, -0.05) is 18.3 Å². The van der Waals surface area contributed by atoms with E-state index in [0.717, 1.165) is 30.8 Å². The molecular weight excluding hydrogens is 236 g/mol. The summed E-state index contributed by atoms with van der Waals surface area (Å²) in [5.41, 5.74) is 0. The van der Waals surface area contributed by atoms with Gasteiger partial charge in [0.15, 0.2) is 0 Å². The van der Waals surface area contributed by atoms with Crippen LogP contribution in [0.15, 0.2) is 0 Å². The van der Waals surface area contributed by atoms with E-state index in [1.807, 2.05) is 6.92 Å².